The smallest absolute Gasteiger partial charge is 0.259 e. The van der Waals surface area contributed by atoms with Gasteiger partial charge in [-0.15, -0.1) is 17.9 Å². The number of rotatable bonds is 8. The molecule has 154 valence electrons. The normalized spacial score (nSPS) is 10.4. The van der Waals surface area contributed by atoms with E-state index in [9.17, 15) is 14.4 Å². The predicted molar refractivity (Wildman–Crippen MR) is 119 cm³/mol. The van der Waals surface area contributed by atoms with Gasteiger partial charge < -0.3 is 14.8 Å². The lowest BCUT2D eigenvalue weighted by Gasteiger charge is -2.18. The Balaban J connectivity index is 1.97. The molecule has 0 radical (unpaired) electrons. The van der Waals surface area contributed by atoms with E-state index >= 15 is 0 Å². The zero-order valence-electron chi connectivity index (χ0n) is 16.7. The van der Waals surface area contributed by atoms with Gasteiger partial charge in [-0.3, -0.25) is 14.4 Å². The lowest BCUT2D eigenvalue weighted by atomic mass is 10.1. The summed E-state index contributed by atoms with van der Waals surface area (Å²) in [6.45, 7) is 4.62. The standard InChI is InChI=1S/C23H23N3O3S/c1-3-11-24-22(28)19-15-26(13-17-8-5-4-6-9-17)16-20(21(19)27)23(29)25(2)14-18-10-7-12-30-18/h3-10,12,15-16H,1,11,13-14H2,2H3,(H,24,28). The molecule has 0 saturated carbocycles. The third kappa shape index (κ3) is 5.12. The van der Waals surface area contributed by atoms with Gasteiger partial charge >= 0.3 is 0 Å². The molecule has 2 heterocycles. The van der Waals surface area contributed by atoms with E-state index in [0.717, 1.165) is 10.4 Å². The zero-order chi connectivity index (χ0) is 21.5. The largest absolute Gasteiger partial charge is 0.348 e. The second kappa shape index (κ2) is 9.84. The summed E-state index contributed by atoms with van der Waals surface area (Å²) in [7, 11) is 1.65. The SMILES string of the molecule is C=CCNC(=O)c1cn(Cc2ccccc2)cc(C(=O)N(C)Cc2cccs2)c1=O. The first kappa shape index (κ1) is 21.3. The summed E-state index contributed by atoms with van der Waals surface area (Å²) in [5, 5.41) is 4.55. The first-order chi connectivity index (χ1) is 14.5. The first-order valence-electron chi connectivity index (χ1n) is 9.44. The molecule has 0 aliphatic rings. The molecule has 0 atom stereocenters. The topological polar surface area (TPSA) is 71.4 Å². The Bertz CT molecular complexity index is 1090. The highest BCUT2D eigenvalue weighted by Gasteiger charge is 2.22. The minimum Gasteiger partial charge on any atom is -0.348 e. The van der Waals surface area contributed by atoms with Gasteiger partial charge in [0.25, 0.3) is 11.8 Å². The highest BCUT2D eigenvalue weighted by Crippen LogP contribution is 2.13. The molecular formula is C23H23N3O3S. The molecule has 0 bridgehead atoms. The summed E-state index contributed by atoms with van der Waals surface area (Å²) < 4.78 is 1.70. The van der Waals surface area contributed by atoms with E-state index in [1.807, 2.05) is 47.8 Å². The number of aromatic nitrogens is 1. The van der Waals surface area contributed by atoms with Crippen molar-refractivity contribution in [2.75, 3.05) is 13.6 Å². The summed E-state index contributed by atoms with van der Waals surface area (Å²) >= 11 is 1.54. The predicted octanol–water partition coefficient (Wildman–Crippen LogP) is 3.15. The summed E-state index contributed by atoms with van der Waals surface area (Å²) in [5.41, 5.74) is 0.312. The van der Waals surface area contributed by atoms with E-state index in [2.05, 4.69) is 11.9 Å². The molecule has 1 N–H and O–H groups in total. The van der Waals surface area contributed by atoms with Crippen LogP contribution >= 0.6 is 11.3 Å². The molecule has 0 unspecified atom stereocenters. The lowest BCUT2D eigenvalue weighted by molar-refractivity contribution is 0.0784. The molecule has 3 aromatic rings. The summed E-state index contributed by atoms with van der Waals surface area (Å²) in [6, 6.07) is 13.5. The number of pyridine rings is 1. The minimum atomic E-state index is -0.580. The third-order valence-electron chi connectivity index (χ3n) is 4.49. The van der Waals surface area contributed by atoms with Crippen molar-refractivity contribution in [1.29, 1.82) is 0 Å². The summed E-state index contributed by atoms with van der Waals surface area (Å²) in [4.78, 5) is 41.1. The maximum atomic E-state index is 13.1. The maximum absolute atomic E-state index is 13.1. The first-order valence-corrected chi connectivity index (χ1v) is 10.3. The van der Waals surface area contributed by atoms with E-state index in [4.69, 9.17) is 0 Å². The van der Waals surface area contributed by atoms with Gasteiger partial charge in [-0.05, 0) is 17.0 Å². The van der Waals surface area contributed by atoms with Crippen LogP contribution < -0.4 is 10.7 Å². The van der Waals surface area contributed by atoms with Gasteiger partial charge in [-0.1, -0.05) is 42.5 Å². The van der Waals surface area contributed by atoms with Crippen LogP contribution in [0, 0.1) is 0 Å². The average Bonchev–Trinajstić information content (AvgIpc) is 3.26. The number of hydrogen-bond donors (Lipinski definition) is 1. The van der Waals surface area contributed by atoms with Crippen molar-refractivity contribution >= 4 is 23.2 Å². The van der Waals surface area contributed by atoms with Gasteiger partial charge in [-0.2, -0.15) is 0 Å². The molecule has 1 aromatic carbocycles. The fraction of sp³-hybridized carbons (Fsp3) is 0.174. The van der Waals surface area contributed by atoms with Crippen LogP contribution in [0.2, 0.25) is 0 Å². The fourth-order valence-electron chi connectivity index (χ4n) is 3.00. The number of nitrogens with zero attached hydrogens (tertiary/aromatic N) is 2. The molecule has 0 saturated heterocycles. The van der Waals surface area contributed by atoms with E-state index in [-0.39, 0.29) is 17.7 Å². The molecule has 0 spiro atoms. The lowest BCUT2D eigenvalue weighted by Crippen LogP contribution is -2.36. The van der Waals surface area contributed by atoms with Crippen molar-refractivity contribution in [3.63, 3.8) is 0 Å². The van der Waals surface area contributed by atoms with Crippen LogP contribution in [0.25, 0.3) is 0 Å². The molecule has 7 heteroatoms. The summed E-state index contributed by atoms with van der Waals surface area (Å²) in [5.74, 6) is -0.953. The van der Waals surface area contributed by atoms with Gasteiger partial charge in [0.2, 0.25) is 5.43 Å². The number of nitrogens with one attached hydrogen (secondary N) is 1. The van der Waals surface area contributed by atoms with Crippen LogP contribution in [0.15, 0.2) is 77.7 Å². The van der Waals surface area contributed by atoms with E-state index in [1.165, 1.54) is 34.7 Å². The molecule has 6 nitrogen and oxygen atoms in total. The van der Waals surface area contributed by atoms with Gasteiger partial charge in [0, 0.05) is 37.4 Å². The molecule has 2 aromatic heterocycles. The molecule has 0 aliphatic heterocycles. The average molecular weight is 422 g/mol. The van der Waals surface area contributed by atoms with Gasteiger partial charge in [0.15, 0.2) is 0 Å². The van der Waals surface area contributed by atoms with Crippen LogP contribution in [0.4, 0.5) is 0 Å². The Kier molecular flexibility index (Phi) is 6.98. The Morgan fingerprint density at radius 1 is 1.13 bits per heavy atom. The highest BCUT2D eigenvalue weighted by molar-refractivity contribution is 7.09. The fourth-order valence-corrected chi connectivity index (χ4v) is 3.76. The zero-order valence-corrected chi connectivity index (χ0v) is 17.5. The second-order valence-corrected chi connectivity index (χ2v) is 7.84. The Hall–Kier alpha value is -3.45. The number of amides is 2. The van der Waals surface area contributed by atoms with Crippen molar-refractivity contribution in [3.8, 4) is 0 Å². The summed E-state index contributed by atoms with van der Waals surface area (Å²) in [6.07, 6.45) is 4.54. The minimum absolute atomic E-state index is 0.0313. The van der Waals surface area contributed by atoms with Crippen LogP contribution in [0.5, 0.6) is 0 Å². The molecule has 0 fully saturated rings. The molecule has 2 amide bonds. The molecule has 3 rings (SSSR count). The van der Waals surface area contributed by atoms with E-state index in [1.54, 1.807) is 11.6 Å². The molecule has 30 heavy (non-hydrogen) atoms. The second-order valence-electron chi connectivity index (χ2n) is 6.81. The van der Waals surface area contributed by atoms with Crippen molar-refractivity contribution < 1.29 is 9.59 Å². The van der Waals surface area contributed by atoms with Crippen LogP contribution in [0.3, 0.4) is 0 Å². The maximum Gasteiger partial charge on any atom is 0.259 e. The highest BCUT2D eigenvalue weighted by atomic mass is 32.1. The monoisotopic (exact) mass is 421 g/mol. The quantitative estimate of drug-likeness (QED) is 0.568. The van der Waals surface area contributed by atoms with Gasteiger partial charge in [0.05, 0.1) is 6.54 Å². The van der Waals surface area contributed by atoms with Crippen LogP contribution in [-0.2, 0) is 13.1 Å². The van der Waals surface area contributed by atoms with Crippen molar-refractivity contribution in [1.82, 2.24) is 14.8 Å². The van der Waals surface area contributed by atoms with Gasteiger partial charge in [-0.25, -0.2) is 0 Å². The van der Waals surface area contributed by atoms with E-state index in [0.29, 0.717) is 13.1 Å². The number of carbonyl (C=O) groups excluding carboxylic acids is 2. The Morgan fingerprint density at radius 3 is 2.53 bits per heavy atom. The van der Waals surface area contributed by atoms with Crippen LogP contribution in [-0.4, -0.2) is 34.9 Å². The van der Waals surface area contributed by atoms with Crippen molar-refractivity contribution in [2.24, 2.45) is 0 Å². The van der Waals surface area contributed by atoms with Crippen molar-refractivity contribution in [2.45, 2.75) is 13.1 Å². The van der Waals surface area contributed by atoms with E-state index < -0.39 is 17.2 Å². The number of hydrogen-bond acceptors (Lipinski definition) is 4. The molecule has 0 aliphatic carbocycles. The molecular weight excluding hydrogens is 398 g/mol. The number of carbonyl (C=O) groups is 2. The van der Waals surface area contributed by atoms with Crippen molar-refractivity contribution in [3.05, 3.63) is 105 Å². The third-order valence-corrected chi connectivity index (χ3v) is 5.35. The number of thiophene rings is 1. The Morgan fingerprint density at radius 2 is 1.87 bits per heavy atom. The van der Waals surface area contributed by atoms with Crippen LogP contribution in [0.1, 0.15) is 31.2 Å². The Labute approximate surface area is 179 Å². The van der Waals surface area contributed by atoms with Gasteiger partial charge in [0.1, 0.15) is 11.1 Å². The number of benzene rings is 1.